The second-order valence-electron chi connectivity index (χ2n) is 6.05. The topological polar surface area (TPSA) is 89.0 Å². The molecular formula is C19H24F2IN3O4S. The fraction of sp³-hybridized carbons (Fsp3) is 0.316. The molecule has 2 aromatic rings. The molecule has 7 nitrogen and oxygen atoms in total. The van der Waals surface area contributed by atoms with Crippen molar-refractivity contribution in [3.8, 4) is 11.5 Å². The molecule has 0 radical (unpaired) electrons. The molecule has 30 heavy (non-hydrogen) atoms. The molecule has 0 heterocycles. The van der Waals surface area contributed by atoms with Gasteiger partial charge in [-0.15, -0.1) is 24.0 Å². The van der Waals surface area contributed by atoms with E-state index in [9.17, 15) is 17.2 Å². The van der Waals surface area contributed by atoms with E-state index in [4.69, 9.17) is 4.74 Å². The number of benzene rings is 2. The summed E-state index contributed by atoms with van der Waals surface area (Å²) in [6, 6.07) is 11.0. The van der Waals surface area contributed by atoms with Gasteiger partial charge in [-0.25, -0.2) is 8.42 Å². The summed E-state index contributed by atoms with van der Waals surface area (Å²) in [5, 5.41) is 6.09. The van der Waals surface area contributed by atoms with Gasteiger partial charge in [0.1, 0.15) is 11.5 Å². The lowest BCUT2D eigenvalue weighted by atomic mass is 10.2. The van der Waals surface area contributed by atoms with Crippen molar-refractivity contribution in [2.24, 2.45) is 4.99 Å². The maximum Gasteiger partial charge on any atom is 0.387 e. The van der Waals surface area contributed by atoms with Gasteiger partial charge in [-0.1, -0.05) is 12.1 Å². The number of hydrogen-bond acceptors (Lipinski definition) is 5. The summed E-state index contributed by atoms with van der Waals surface area (Å²) in [6.45, 7) is -2.37. The molecule has 0 aliphatic heterocycles. The Morgan fingerprint density at radius 2 is 1.73 bits per heavy atom. The number of methoxy groups -OCH3 is 1. The van der Waals surface area contributed by atoms with Crippen molar-refractivity contribution in [3.63, 3.8) is 0 Å². The second-order valence-corrected chi connectivity index (χ2v) is 8.06. The molecule has 0 spiro atoms. The van der Waals surface area contributed by atoms with E-state index in [0.29, 0.717) is 23.8 Å². The zero-order valence-corrected chi connectivity index (χ0v) is 19.8. The molecule has 0 bridgehead atoms. The fourth-order valence-electron chi connectivity index (χ4n) is 2.47. The third-order valence-corrected chi connectivity index (χ3v) is 5.09. The van der Waals surface area contributed by atoms with Crippen LogP contribution in [0.25, 0.3) is 0 Å². The first-order valence-electron chi connectivity index (χ1n) is 8.58. The predicted octanol–water partition coefficient (Wildman–Crippen LogP) is 3.18. The molecule has 0 amide bonds. The monoisotopic (exact) mass is 555 g/mol. The Hall–Kier alpha value is -2.15. The van der Waals surface area contributed by atoms with Crippen molar-refractivity contribution >= 4 is 39.8 Å². The first-order chi connectivity index (χ1) is 13.7. The van der Waals surface area contributed by atoms with Crippen LogP contribution in [0.5, 0.6) is 11.5 Å². The SMILES string of the molecule is CN=C(NCc1ccc(S(C)(=O)=O)cc1)NCc1cc(OC)ccc1OC(F)F.I. The van der Waals surface area contributed by atoms with Crippen LogP contribution >= 0.6 is 24.0 Å². The molecule has 11 heteroatoms. The Bertz CT molecular complexity index is 955. The summed E-state index contributed by atoms with van der Waals surface area (Å²) in [5.41, 5.74) is 1.33. The maximum atomic E-state index is 12.6. The van der Waals surface area contributed by atoms with Crippen LogP contribution in [0.4, 0.5) is 8.78 Å². The van der Waals surface area contributed by atoms with Gasteiger partial charge in [0.15, 0.2) is 15.8 Å². The smallest absolute Gasteiger partial charge is 0.387 e. The minimum atomic E-state index is -3.25. The molecule has 2 N–H and O–H groups in total. The molecular weight excluding hydrogens is 531 g/mol. The number of rotatable bonds is 8. The first-order valence-corrected chi connectivity index (χ1v) is 10.5. The van der Waals surface area contributed by atoms with Crippen molar-refractivity contribution in [2.45, 2.75) is 24.6 Å². The van der Waals surface area contributed by atoms with Crippen LogP contribution in [0.1, 0.15) is 11.1 Å². The Morgan fingerprint density at radius 1 is 1.10 bits per heavy atom. The number of sulfone groups is 1. The van der Waals surface area contributed by atoms with Crippen molar-refractivity contribution in [1.29, 1.82) is 0 Å². The van der Waals surface area contributed by atoms with Crippen molar-refractivity contribution in [2.75, 3.05) is 20.4 Å². The van der Waals surface area contributed by atoms with E-state index in [1.54, 1.807) is 25.2 Å². The predicted molar refractivity (Wildman–Crippen MR) is 122 cm³/mol. The lowest BCUT2D eigenvalue weighted by Gasteiger charge is -2.15. The van der Waals surface area contributed by atoms with Crippen LogP contribution in [-0.4, -0.2) is 41.4 Å². The quantitative estimate of drug-likeness (QED) is 0.296. The summed E-state index contributed by atoms with van der Waals surface area (Å²) in [4.78, 5) is 4.33. The lowest BCUT2D eigenvalue weighted by molar-refractivity contribution is -0.0505. The Balaban J connectivity index is 0.00000450. The first kappa shape index (κ1) is 25.9. The maximum absolute atomic E-state index is 12.6. The third kappa shape index (κ3) is 7.94. The molecule has 2 rings (SSSR count). The summed E-state index contributed by atoms with van der Waals surface area (Å²) in [6.07, 6.45) is 1.15. The summed E-state index contributed by atoms with van der Waals surface area (Å²) in [7, 11) is -0.190. The highest BCUT2D eigenvalue weighted by Gasteiger charge is 2.12. The Labute approximate surface area is 191 Å². The van der Waals surface area contributed by atoms with E-state index < -0.39 is 16.4 Å². The van der Waals surface area contributed by atoms with Crippen molar-refractivity contribution in [1.82, 2.24) is 10.6 Å². The van der Waals surface area contributed by atoms with Crippen molar-refractivity contribution in [3.05, 3.63) is 53.6 Å². The number of hydrogen-bond donors (Lipinski definition) is 2. The van der Waals surface area contributed by atoms with Gasteiger partial charge < -0.3 is 20.1 Å². The largest absolute Gasteiger partial charge is 0.497 e. The average molecular weight is 555 g/mol. The molecule has 0 aliphatic carbocycles. The van der Waals surface area contributed by atoms with Crippen LogP contribution in [0.3, 0.4) is 0 Å². The van der Waals surface area contributed by atoms with Gasteiger partial charge in [-0.05, 0) is 35.9 Å². The molecule has 0 unspecified atom stereocenters. The zero-order chi connectivity index (χ0) is 21.4. The minimum Gasteiger partial charge on any atom is -0.497 e. The third-order valence-electron chi connectivity index (χ3n) is 3.97. The lowest BCUT2D eigenvalue weighted by Crippen LogP contribution is -2.36. The van der Waals surface area contributed by atoms with E-state index >= 15 is 0 Å². The van der Waals surface area contributed by atoms with Crippen LogP contribution in [-0.2, 0) is 22.9 Å². The zero-order valence-electron chi connectivity index (χ0n) is 16.7. The highest BCUT2D eigenvalue weighted by atomic mass is 127. The standard InChI is InChI=1S/C19H23F2N3O4S.HI/c1-22-19(23-11-13-4-7-16(8-5-13)29(3,25)26)24-12-14-10-15(27-2)6-9-17(14)28-18(20)21;/h4-10,18H,11-12H2,1-3H3,(H2,22,23,24);1H. The number of aliphatic imine (C=N–C) groups is 1. The van der Waals surface area contributed by atoms with E-state index in [1.165, 1.54) is 31.4 Å². The molecule has 0 saturated heterocycles. The van der Waals surface area contributed by atoms with Crippen LogP contribution < -0.4 is 20.1 Å². The highest BCUT2D eigenvalue weighted by Crippen LogP contribution is 2.25. The average Bonchev–Trinajstić information content (AvgIpc) is 2.68. The number of alkyl halides is 2. The molecule has 0 fully saturated rings. The van der Waals surface area contributed by atoms with Gasteiger partial charge in [-0.2, -0.15) is 8.78 Å². The number of guanidine groups is 1. The van der Waals surface area contributed by atoms with Crippen molar-refractivity contribution < 1.29 is 26.7 Å². The number of nitrogens with zero attached hydrogens (tertiary/aromatic N) is 1. The number of ether oxygens (including phenoxy) is 2. The van der Waals surface area contributed by atoms with Gasteiger partial charge in [0.25, 0.3) is 0 Å². The van der Waals surface area contributed by atoms with Crippen LogP contribution in [0.2, 0.25) is 0 Å². The summed E-state index contributed by atoms with van der Waals surface area (Å²) >= 11 is 0. The van der Waals surface area contributed by atoms with Crippen LogP contribution in [0.15, 0.2) is 52.4 Å². The normalized spacial score (nSPS) is 11.6. The van der Waals surface area contributed by atoms with Crippen LogP contribution in [0, 0.1) is 0 Å². The second kappa shape index (κ2) is 11.9. The molecule has 166 valence electrons. The Morgan fingerprint density at radius 3 is 2.27 bits per heavy atom. The molecule has 0 aromatic heterocycles. The summed E-state index contributed by atoms with van der Waals surface area (Å²) < 4.78 is 57.9. The molecule has 0 saturated carbocycles. The van der Waals surface area contributed by atoms with Gasteiger partial charge in [0, 0.05) is 32.0 Å². The number of nitrogens with one attached hydrogen (secondary N) is 2. The summed E-state index contributed by atoms with van der Waals surface area (Å²) in [5.74, 6) is 0.987. The van der Waals surface area contributed by atoms with Gasteiger partial charge >= 0.3 is 6.61 Å². The van der Waals surface area contributed by atoms with Gasteiger partial charge in [0.05, 0.1) is 12.0 Å². The van der Waals surface area contributed by atoms with E-state index in [-0.39, 0.29) is 41.2 Å². The van der Waals surface area contributed by atoms with Gasteiger partial charge in [0.2, 0.25) is 0 Å². The van der Waals surface area contributed by atoms with E-state index in [1.807, 2.05) is 0 Å². The van der Waals surface area contributed by atoms with Gasteiger partial charge in [-0.3, -0.25) is 4.99 Å². The highest BCUT2D eigenvalue weighted by molar-refractivity contribution is 14.0. The fourth-order valence-corrected chi connectivity index (χ4v) is 3.10. The van der Waals surface area contributed by atoms with E-state index in [0.717, 1.165) is 11.8 Å². The Kier molecular flexibility index (Phi) is 10.3. The molecule has 0 atom stereocenters. The minimum absolute atomic E-state index is 0. The van der Waals surface area contributed by atoms with E-state index in [2.05, 4.69) is 20.4 Å². The molecule has 0 aliphatic rings. The molecule has 2 aromatic carbocycles. The number of halogens is 3.